The third-order valence-corrected chi connectivity index (χ3v) is 4.22. The first-order chi connectivity index (χ1) is 10.1. The van der Waals surface area contributed by atoms with E-state index in [4.69, 9.17) is 5.73 Å². The van der Waals surface area contributed by atoms with Crippen LogP contribution in [0.1, 0.15) is 18.2 Å². The summed E-state index contributed by atoms with van der Waals surface area (Å²) in [5, 5.41) is 9.00. The van der Waals surface area contributed by atoms with Crippen LogP contribution in [-0.2, 0) is 6.42 Å². The van der Waals surface area contributed by atoms with Gasteiger partial charge < -0.3 is 11.1 Å². The number of anilines is 2. The lowest BCUT2D eigenvalue weighted by molar-refractivity contribution is 0.793. The van der Waals surface area contributed by atoms with Crippen molar-refractivity contribution in [2.45, 2.75) is 26.3 Å². The minimum Gasteiger partial charge on any atom is -0.399 e. The maximum atomic E-state index is 5.92. The Morgan fingerprint density at radius 3 is 2.90 bits per heavy atom. The van der Waals surface area contributed by atoms with Crippen molar-refractivity contribution in [3.63, 3.8) is 0 Å². The van der Waals surface area contributed by atoms with E-state index in [1.165, 1.54) is 5.56 Å². The third-order valence-electron chi connectivity index (χ3n) is 3.48. The summed E-state index contributed by atoms with van der Waals surface area (Å²) in [6.45, 7) is 4.22. The Labute approximate surface area is 128 Å². The number of thiophene rings is 1. The molecule has 0 saturated heterocycles. The van der Waals surface area contributed by atoms with Crippen molar-refractivity contribution in [1.82, 2.24) is 4.98 Å². The van der Waals surface area contributed by atoms with E-state index in [1.807, 2.05) is 25.1 Å². The fourth-order valence-corrected chi connectivity index (χ4v) is 3.26. The molecule has 4 heteroatoms. The first-order valence-electron chi connectivity index (χ1n) is 7.06. The maximum Gasteiger partial charge on any atom is 0.0727 e. The van der Waals surface area contributed by atoms with Gasteiger partial charge >= 0.3 is 0 Å². The van der Waals surface area contributed by atoms with Crippen molar-refractivity contribution in [3.8, 4) is 0 Å². The number of hydrogen-bond acceptors (Lipinski definition) is 4. The molecule has 0 radical (unpaired) electrons. The number of nitrogens with one attached hydrogen (secondary N) is 1. The Bertz CT molecular complexity index is 750. The summed E-state index contributed by atoms with van der Waals surface area (Å²) in [4.78, 5) is 4.57. The van der Waals surface area contributed by atoms with Crippen LogP contribution < -0.4 is 11.1 Å². The van der Waals surface area contributed by atoms with Gasteiger partial charge in [-0.2, -0.15) is 11.3 Å². The minimum atomic E-state index is 0.353. The second-order valence-corrected chi connectivity index (χ2v) is 6.25. The van der Waals surface area contributed by atoms with Gasteiger partial charge in [0.1, 0.15) is 0 Å². The molecular formula is C17H19N3S. The van der Waals surface area contributed by atoms with Crippen LogP contribution in [0.5, 0.6) is 0 Å². The van der Waals surface area contributed by atoms with Gasteiger partial charge in [-0.25, -0.2) is 0 Å². The predicted molar refractivity (Wildman–Crippen MR) is 92.0 cm³/mol. The summed E-state index contributed by atoms with van der Waals surface area (Å²) in [7, 11) is 0. The average molecular weight is 297 g/mol. The number of fused-ring (bicyclic) bond motifs is 1. The molecule has 0 aliphatic carbocycles. The minimum absolute atomic E-state index is 0.353. The maximum absolute atomic E-state index is 5.92. The zero-order chi connectivity index (χ0) is 14.8. The average Bonchev–Trinajstić information content (AvgIpc) is 2.92. The highest BCUT2D eigenvalue weighted by Gasteiger charge is 2.09. The summed E-state index contributed by atoms with van der Waals surface area (Å²) in [5.74, 6) is 0. The summed E-state index contributed by atoms with van der Waals surface area (Å²) in [6, 6.07) is 10.5. The first kappa shape index (κ1) is 13.9. The molecule has 3 N–H and O–H groups in total. The molecule has 2 heterocycles. The van der Waals surface area contributed by atoms with Gasteiger partial charge in [-0.05, 0) is 66.9 Å². The van der Waals surface area contributed by atoms with Gasteiger partial charge in [-0.1, -0.05) is 0 Å². The molecule has 0 spiro atoms. The topological polar surface area (TPSA) is 50.9 Å². The number of hydrogen-bond donors (Lipinski definition) is 2. The third kappa shape index (κ3) is 3.16. The van der Waals surface area contributed by atoms with Crippen molar-refractivity contribution >= 4 is 33.6 Å². The number of nitrogen functional groups attached to an aromatic ring is 1. The molecule has 3 rings (SSSR count). The number of pyridine rings is 1. The lowest BCUT2D eigenvalue weighted by Gasteiger charge is -2.17. The van der Waals surface area contributed by atoms with Crippen molar-refractivity contribution < 1.29 is 0 Å². The Morgan fingerprint density at radius 2 is 2.14 bits per heavy atom. The number of aryl methyl sites for hydroxylation is 1. The highest BCUT2D eigenvalue weighted by atomic mass is 32.1. The molecule has 2 aromatic heterocycles. The highest BCUT2D eigenvalue weighted by Crippen LogP contribution is 2.26. The largest absolute Gasteiger partial charge is 0.399 e. The van der Waals surface area contributed by atoms with Crippen LogP contribution in [-0.4, -0.2) is 11.0 Å². The number of nitrogens with zero attached hydrogens (tertiary/aromatic N) is 1. The molecule has 0 aliphatic heterocycles. The zero-order valence-electron chi connectivity index (χ0n) is 12.3. The molecule has 1 atom stereocenters. The van der Waals surface area contributed by atoms with Gasteiger partial charge in [0.05, 0.1) is 5.52 Å². The van der Waals surface area contributed by atoms with Crippen LogP contribution >= 0.6 is 11.3 Å². The molecular weight excluding hydrogens is 278 g/mol. The Balaban J connectivity index is 1.90. The monoisotopic (exact) mass is 297 g/mol. The van der Waals surface area contributed by atoms with Gasteiger partial charge in [0.2, 0.25) is 0 Å². The number of rotatable bonds is 4. The summed E-state index contributed by atoms with van der Waals surface area (Å²) < 4.78 is 0. The van der Waals surface area contributed by atoms with Crippen molar-refractivity contribution in [2.24, 2.45) is 0 Å². The smallest absolute Gasteiger partial charge is 0.0727 e. The van der Waals surface area contributed by atoms with Crippen LogP contribution in [0.2, 0.25) is 0 Å². The Kier molecular flexibility index (Phi) is 3.80. The van der Waals surface area contributed by atoms with Gasteiger partial charge in [0.25, 0.3) is 0 Å². The fourth-order valence-electron chi connectivity index (χ4n) is 2.57. The molecule has 3 aromatic rings. The van der Waals surface area contributed by atoms with Gasteiger partial charge in [0.15, 0.2) is 0 Å². The number of aromatic nitrogens is 1. The zero-order valence-corrected chi connectivity index (χ0v) is 13.1. The molecule has 0 bridgehead atoms. The van der Waals surface area contributed by atoms with Crippen LogP contribution in [0.15, 0.2) is 41.1 Å². The van der Waals surface area contributed by atoms with E-state index >= 15 is 0 Å². The van der Waals surface area contributed by atoms with E-state index in [0.717, 1.165) is 34.4 Å². The lowest BCUT2D eigenvalue weighted by Crippen LogP contribution is -2.18. The molecule has 0 aliphatic rings. The van der Waals surface area contributed by atoms with Crippen LogP contribution in [0.4, 0.5) is 11.4 Å². The van der Waals surface area contributed by atoms with Crippen LogP contribution in [0, 0.1) is 6.92 Å². The van der Waals surface area contributed by atoms with Crippen molar-refractivity contribution in [1.29, 1.82) is 0 Å². The molecule has 0 amide bonds. The first-order valence-corrected chi connectivity index (χ1v) is 8.00. The van der Waals surface area contributed by atoms with E-state index in [0.29, 0.717) is 6.04 Å². The summed E-state index contributed by atoms with van der Waals surface area (Å²) in [5.41, 5.74) is 11.1. The second kappa shape index (κ2) is 5.74. The number of benzene rings is 1. The van der Waals surface area contributed by atoms with E-state index in [-0.39, 0.29) is 0 Å². The van der Waals surface area contributed by atoms with Gasteiger partial charge in [-0.15, -0.1) is 0 Å². The fraction of sp³-hybridized carbons (Fsp3) is 0.235. The SMILES string of the molecule is Cc1cc(NC(C)Cc2ccsc2)c2cc(N)ccc2n1. The van der Waals surface area contributed by atoms with Crippen molar-refractivity contribution in [3.05, 3.63) is 52.3 Å². The molecule has 0 fully saturated rings. The summed E-state index contributed by atoms with van der Waals surface area (Å²) in [6.07, 6.45) is 1.01. The van der Waals surface area contributed by atoms with E-state index in [1.54, 1.807) is 11.3 Å². The van der Waals surface area contributed by atoms with Crippen LogP contribution in [0.3, 0.4) is 0 Å². The second-order valence-electron chi connectivity index (χ2n) is 5.47. The molecule has 0 saturated carbocycles. The Morgan fingerprint density at radius 1 is 1.29 bits per heavy atom. The van der Waals surface area contributed by atoms with E-state index in [9.17, 15) is 0 Å². The lowest BCUT2D eigenvalue weighted by atomic mass is 10.1. The van der Waals surface area contributed by atoms with Gasteiger partial charge in [-0.3, -0.25) is 4.98 Å². The summed E-state index contributed by atoms with van der Waals surface area (Å²) >= 11 is 1.74. The molecule has 1 aromatic carbocycles. The van der Waals surface area contributed by atoms with Crippen LogP contribution in [0.25, 0.3) is 10.9 Å². The Hall–Kier alpha value is -2.07. The quantitative estimate of drug-likeness (QED) is 0.709. The predicted octanol–water partition coefficient (Wildman–Crippen LogP) is 4.23. The number of nitrogens with two attached hydrogens (primary N) is 1. The van der Waals surface area contributed by atoms with E-state index in [2.05, 4.69) is 40.1 Å². The molecule has 21 heavy (non-hydrogen) atoms. The van der Waals surface area contributed by atoms with Gasteiger partial charge in [0, 0.05) is 28.5 Å². The standard InChI is InChI=1S/C17H19N3S/c1-11(7-13-5-6-21-10-13)20-17-8-12(2)19-16-4-3-14(18)9-15(16)17/h3-6,8-11H,7,18H2,1-2H3,(H,19,20). The molecule has 1 unspecified atom stereocenters. The normalized spacial score (nSPS) is 12.5. The molecule has 3 nitrogen and oxygen atoms in total. The van der Waals surface area contributed by atoms with E-state index < -0.39 is 0 Å². The highest BCUT2D eigenvalue weighted by molar-refractivity contribution is 7.07. The van der Waals surface area contributed by atoms with Crippen molar-refractivity contribution in [2.75, 3.05) is 11.1 Å². The molecule has 108 valence electrons.